The van der Waals surface area contributed by atoms with Crippen molar-refractivity contribution in [3.05, 3.63) is 41.7 Å². The Morgan fingerprint density at radius 3 is 2.56 bits per heavy atom. The molecule has 1 heterocycles. The highest BCUT2D eigenvalue weighted by molar-refractivity contribution is 5.43. The van der Waals surface area contributed by atoms with E-state index in [0.29, 0.717) is 11.3 Å². The second-order valence-corrected chi connectivity index (χ2v) is 3.35. The number of rotatable bonds is 1. The van der Waals surface area contributed by atoms with E-state index < -0.39 is 11.7 Å². The van der Waals surface area contributed by atoms with Crippen LogP contribution in [0.3, 0.4) is 0 Å². The molecule has 0 amide bonds. The molecule has 3 nitrogen and oxygen atoms in total. The van der Waals surface area contributed by atoms with E-state index in [1.165, 1.54) is 23.1 Å². The Kier molecular flexibility index (Phi) is 2.41. The van der Waals surface area contributed by atoms with Crippen molar-refractivity contribution in [3.63, 3.8) is 0 Å². The molecule has 6 heteroatoms. The van der Waals surface area contributed by atoms with Crippen LogP contribution in [0.2, 0.25) is 0 Å². The highest BCUT2D eigenvalue weighted by Crippen LogP contribution is 2.31. The fraction of sp³-hybridized carbons (Fsp3) is 0.200. The van der Waals surface area contributed by atoms with E-state index in [9.17, 15) is 13.2 Å². The molecule has 2 aromatic rings. The van der Waals surface area contributed by atoms with Gasteiger partial charge < -0.3 is 0 Å². The van der Waals surface area contributed by atoms with E-state index in [4.69, 9.17) is 0 Å². The fourth-order valence-electron chi connectivity index (χ4n) is 1.37. The van der Waals surface area contributed by atoms with E-state index in [2.05, 4.69) is 10.3 Å². The maximum Gasteiger partial charge on any atom is 0.416 e. The molecule has 0 saturated carbocycles. The summed E-state index contributed by atoms with van der Waals surface area (Å²) in [5, 5.41) is 7.23. The lowest BCUT2D eigenvalue weighted by molar-refractivity contribution is -0.137. The van der Waals surface area contributed by atoms with Gasteiger partial charge in [0.1, 0.15) is 0 Å². The first-order chi connectivity index (χ1) is 7.48. The molecular formula is C10H8F3N3. The van der Waals surface area contributed by atoms with Crippen LogP contribution in [0.5, 0.6) is 0 Å². The van der Waals surface area contributed by atoms with Gasteiger partial charge in [-0.1, -0.05) is 11.3 Å². The summed E-state index contributed by atoms with van der Waals surface area (Å²) in [6.45, 7) is 1.72. The van der Waals surface area contributed by atoms with Gasteiger partial charge in [0.05, 0.1) is 23.6 Å². The van der Waals surface area contributed by atoms with Crippen LogP contribution < -0.4 is 0 Å². The van der Waals surface area contributed by atoms with Gasteiger partial charge in [0.2, 0.25) is 0 Å². The summed E-state index contributed by atoms with van der Waals surface area (Å²) in [7, 11) is 0. The van der Waals surface area contributed by atoms with Crippen LogP contribution in [0, 0.1) is 6.92 Å². The molecule has 16 heavy (non-hydrogen) atoms. The van der Waals surface area contributed by atoms with Gasteiger partial charge in [0, 0.05) is 0 Å². The van der Waals surface area contributed by atoms with E-state index in [0.717, 1.165) is 12.1 Å². The first kappa shape index (κ1) is 10.7. The van der Waals surface area contributed by atoms with Crippen LogP contribution in [0.1, 0.15) is 11.1 Å². The lowest BCUT2D eigenvalue weighted by Crippen LogP contribution is -2.07. The van der Waals surface area contributed by atoms with Crippen molar-refractivity contribution in [1.82, 2.24) is 15.0 Å². The van der Waals surface area contributed by atoms with Gasteiger partial charge in [0.25, 0.3) is 0 Å². The first-order valence-electron chi connectivity index (χ1n) is 4.53. The fourth-order valence-corrected chi connectivity index (χ4v) is 1.37. The average molecular weight is 227 g/mol. The largest absolute Gasteiger partial charge is 0.416 e. The van der Waals surface area contributed by atoms with E-state index in [-0.39, 0.29) is 0 Å². The number of aryl methyl sites for hydroxylation is 1. The maximum atomic E-state index is 12.5. The minimum atomic E-state index is -4.34. The van der Waals surface area contributed by atoms with Crippen molar-refractivity contribution in [2.75, 3.05) is 0 Å². The van der Waals surface area contributed by atoms with Crippen LogP contribution >= 0.6 is 0 Å². The molecule has 0 aliphatic heterocycles. The maximum absolute atomic E-state index is 12.5. The highest BCUT2D eigenvalue weighted by Gasteiger charge is 2.30. The van der Waals surface area contributed by atoms with Crippen molar-refractivity contribution in [3.8, 4) is 5.69 Å². The molecule has 0 radical (unpaired) electrons. The lowest BCUT2D eigenvalue weighted by atomic mass is 10.1. The molecule has 1 aromatic carbocycles. The van der Waals surface area contributed by atoms with Crippen molar-refractivity contribution < 1.29 is 13.2 Å². The lowest BCUT2D eigenvalue weighted by Gasteiger charge is -2.10. The second-order valence-electron chi connectivity index (χ2n) is 3.35. The zero-order valence-electron chi connectivity index (χ0n) is 8.36. The predicted molar refractivity (Wildman–Crippen MR) is 51.1 cm³/mol. The molecule has 2 rings (SSSR count). The Labute approximate surface area is 89.5 Å². The van der Waals surface area contributed by atoms with Crippen molar-refractivity contribution >= 4 is 0 Å². The van der Waals surface area contributed by atoms with Crippen molar-refractivity contribution in [1.29, 1.82) is 0 Å². The van der Waals surface area contributed by atoms with E-state index in [1.54, 1.807) is 6.92 Å². The molecule has 0 aliphatic carbocycles. The van der Waals surface area contributed by atoms with Gasteiger partial charge in [-0.05, 0) is 24.6 Å². The molecular weight excluding hydrogens is 219 g/mol. The third-order valence-corrected chi connectivity index (χ3v) is 2.21. The zero-order valence-corrected chi connectivity index (χ0v) is 8.36. The van der Waals surface area contributed by atoms with Crippen molar-refractivity contribution in [2.45, 2.75) is 13.1 Å². The Morgan fingerprint density at radius 2 is 2.00 bits per heavy atom. The van der Waals surface area contributed by atoms with Crippen LogP contribution in [-0.2, 0) is 6.18 Å². The first-order valence-corrected chi connectivity index (χ1v) is 4.53. The van der Waals surface area contributed by atoms with Gasteiger partial charge in [-0.2, -0.15) is 13.2 Å². The van der Waals surface area contributed by atoms with Gasteiger partial charge in [-0.25, -0.2) is 4.68 Å². The summed E-state index contributed by atoms with van der Waals surface area (Å²) in [4.78, 5) is 0. The molecule has 0 aliphatic rings. The summed E-state index contributed by atoms with van der Waals surface area (Å²) in [6, 6.07) is 3.53. The van der Waals surface area contributed by atoms with E-state index >= 15 is 0 Å². The summed E-state index contributed by atoms with van der Waals surface area (Å²) in [5.41, 5.74) is 0.398. The SMILES string of the molecule is Cc1ccc(C(F)(F)F)cc1-n1ccnn1. The van der Waals surface area contributed by atoms with Gasteiger partial charge in [0.15, 0.2) is 0 Å². The number of aromatic nitrogens is 3. The number of halogens is 3. The normalized spacial score (nSPS) is 11.8. The Hall–Kier alpha value is -1.85. The van der Waals surface area contributed by atoms with Crippen LogP contribution in [0.25, 0.3) is 5.69 Å². The number of nitrogens with zero attached hydrogens (tertiary/aromatic N) is 3. The third kappa shape index (κ3) is 1.91. The molecule has 0 fully saturated rings. The van der Waals surface area contributed by atoms with Crippen LogP contribution in [-0.4, -0.2) is 15.0 Å². The smallest absolute Gasteiger partial charge is 0.220 e. The van der Waals surface area contributed by atoms with Crippen LogP contribution in [0.15, 0.2) is 30.6 Å². The molecule has 0 spiro atoms. The van der Waals surface area contributed by atoms with Crippen molar-refractivity contribution in [2.24, 2.45) is 0 Å². The summed E-state index contributed by atoms with van der Waals surface area (Å²) in [5.74, 6) is 0. The van der Waals surface area contributed by atoms with Gasteiger partial charge in [-0.3, -0.25) is 0 Å². The summed E-state index contributed by atoms with van der Waals surface area (Å²) in [6.07, 6.45) is -1.43. The predicted octanol–water partition coefficient (Wildman–Crippen LogP) is 2.59. The minimum Gasteiger partial charge on any atom is -0.220 e. The van der Waals surface area contributed by atoms with Crippen LogP contribution in [0.4, 0.5) is 13.2 Å². The molecule has 0 unspecified atom stereocenters. The molecule has 0 atom stereocenters. The molecule has 84 valence electrons. The second kappa shape index (κ2) is 3.62. The molecule has 0 saturated heterocycles. The van der Waals surface area contributed by atoms with Gasteiger partial charge in [-0.15, -0.1) is 5.10 Å². The Morgan fingerprint density at radius 1 is 1.25 bits per heavy atom. The highest BCUT2D eigenvalue weighted by atomic mass is 19.4. The number of benzene rings is 1. The monoisotopic (exact) mass is 227 g/mol. The number of alkyl halides is 3. The molecule has 1 aromatic heterocycles. The Bertz CT molecular complexity index is 489. The molecule has 0 bridgehead atoms. The topological polar surface area (TPSA) is 30.7 Å². The summed E-state index contributed by atoms with van der Waals surface area (Å²) >= 11 is 0. The quantitative estimate of drug-likeness (QED) is 0.749. The van der Waals surface area contributed by atoms with Gasteiger partial charge >= 0.3 is 6.18 Å². The third-order valence-electron chi connectivity index (χ3n) is 2.21. The minimum absolute atomic E-state index is 0.382. The average Bonchev–Trinajstić information content (AvgIpc) is 2.69. The molecule has 0 N–H and O–H groups in total. The standard InChI is InChI=1S/C10H8F3N3/c1-7-2-3-8(10(11,12)13)6-9(7)16-5-4-14-15-16/h2-6H,1H3. The number of hydrogen-bond acceptors (Lipinski definition) is 2. The van der Waals surface area contributed by atoms with E-state index in [1.807, 2.05) is 0 Å². The Balaban J connectivity index is 2.54. The number of hydrogen-bond donors (Lipinski definition) is 0. The zero-order chi connectivity index (χ0) is 11.8. The summed E-state index contributed by atoms with van der Waals surface area (Å²) < 4.78 is 38.8.